The van der Waals surface area contributed by atoms with Gasteiger partial charge in [-0.2, -0.15) is 4.31 Å². The first kappa shape index (κ1) is 59.2. The van der Waals surface area contributed by atoms with Crippen molar-refractivity contribution in [3.63, 3.8) is 0 Å². The van der Waals surface area contributed by atoms with Crippen LogP contribution in [0.1, 0.15) is 258 Å². The lowest BCUT2D eigenvalue weighted by Crippen LogP contribution is -2.33. The Labute approximate surface area is 352 Å². The normalized spacial score (nSPS) is 14.1. The van der Waals surface area contributed by atoms with E-state index in [1.54, 1.807) is 0 Å². The van der Waals surface area contributed by atoms with Crippen molar-refractivity contribution in [1.82, 2.24) is 0 Å². The molecule has 3 atom stereocenters. The SMILES string of the molecule is CCCCCCCCCCCCCCCCCCC(CCCC)CCCCCCCCCCCCCCCCCC.O=P(O)(O)OP(=O)(O)OC[C@H](O)[C@H](O)CO. The third-order valence-corrected chi connectivity index (χ3v) is 13.3. The number of unbranched alkanes of at least 4 members (excludes halogenated alkanes) is 31. The molecule has 0 saturated carbocycles. The molecule has 6 N–H and O–H groups in total. The highest BCUT2D eigenvalue weighted by Gasteiger charge is 2.33. The molecule has 0 heterocycles. The van der Waals surface area contributed by atoms with Gasteiger partial charge < -0.3 is 30.0 Å². The molecule has 0 aliphatic carbocycles. The number of rotatable bonds is 44. The molecule has 0 fully saturated rings. The van der Waals surface area contributed by atoms with E-state index in [1.165, 1.54) is 238 Å². The molecule has 12 heteroatoms. The van der Waals surface area contributed by atoms with Crippen molar-refractivity contribution in [2.75, 3.05) is 13.2 Å². The summed E-state index contributed by atoms with van der Waals surface area (Å²) in [5, 5.41) is 26.1. The summed E-state index contributed by atoms with van der Waals surface area (Å²) >= 11 is 0. The number of aliphatic hydroxyl groups is 3. The minimum Gasteiger partial charge on any atom is -0.394 e. The molecule has 0 saturated heterocycles. The van der Waals surface area contributed by atoms with E-state index in [0.29, 0.717) is 0 Å². The van der Waals surface area contributed by atoms with E-state index in [-0.39, 0.29) is 0 Å². The van der Waals surface area contributed by atoms with Gasteiger partial charge in [-0.15, -0.1) is 0 Å². The van der Waals surface area contributed by atoms with Crippen molar-refractivity contribution in [3.8, 4) is 0 Å². The number of hydrogen-bond acceptors (Lipinski definition) is 7. The van der Waals surface area contributed by atoms with Gasteiger partial charge in [0.1, 0.15) is 12.2 Å². The third kappa shape index (κ3) is 48.7. The van der Waals surface area contributed by atoms with Crippen molar-refractivity contribution in [2.24, 2.45) is 5.92 Å². The molecule has 0 radical (unpaired) electrons. The maximum Gasteiger partial charge on any atom is 0.481 e. The second-order valence-electron chi connectivity index (χ2n) is 16.8. The Hall–Kier alpha value is 0.140. The van der Waals surface area contributed by atoms with Crippen LogP contribution < -0.4 is 0 Å². The minimum absolute atomic E-state index is 0.820. The van der Waals surface area contributed by atoms with Crippen LogP contribution in [0.4, 0.5) is 0 Å². The largest absolute Gasteiger partial charge is 0.481 e. The van der Waals surface area contributed by atoms with Crippen LogP contribution in [0, 0.1) is 5.92 Å². The first-order valence-corrected chi connectivity index (χ1v) is 27.2. The van der Waals surface area contributed by atoms with E-state index in [0.717, 1.165) is 5.92 Å². The Morgan fingerprint density at radius 2 is 0.667 bits per heavy atom. The van der Waals surface area contributed by atoms with Crippen LogP contribution in [0.25, 0.3) is 0 Å². The quantitative estimate of drug-likeness (QED) is 0.0256. The Bertz CT molecular complexity index is 854. The summed E-state index contributed by atoms with van der Waals surface area (Å²) in [6, 6.07) is 0. The second-order valence-corrected chi connectivity index (χ2v) is 19.7. The topological polar surface area (TPSA) is 174 Å². The van der Waals surface area contributed by atoms with Crippen LogP contribution in [-0.2, 0) is 18.0 Å². The predicted molar refractivity (Wildman–Crippen MR) is 239 cm³/mol. The molecule has 0 aliphatic rings. The summed E-state index contributed by atoms with van der Waals surface area (Å²) in [6.45, 7) is 5.23. The van der Waals surface area contributed by atoms with Crippen molar-refractivity contribution < 1.29 is 48.0 Å². The van der Waals surface area contributed by atoms with Gasteiger partial charge in [-0.25, -0.2) is 9.13 Å². The molecule has 57 heavy (non-hydrogen) atoms. The van der Waals surface area contributed by atoms with Crippen molar-refractivity contribution in [3.05, 3.63) is 0 Å². The zero-order valence-electron chi connectivity index (χ0n) is 37.5. The summed E-state index contributed by atoms with van der Waals surface area (Å²) in [4.78, 5) is 25.1. The maximum absolute atomic E-state index is 10.8. The Morgan fingerprint density at radius 3 is 0.930 bits per heavy atom. The average Bonchev–Trinajstić information content (AvgIpc) is 3.17. The molecule has 0 bridgehead atoms. The number of hydrogen-bond donors (Lipinski definition) is 6. The molecule has 0 aliphatic heterocycles. The van der Waals surface area contributed by atoms with Crippen LogP contribution in [0.3, 0.4) is 0 Å². The fraction of sp³-hybridized carbons (Fsp3) is 1.00. The summed E-state index contributed by atoms with van der Waals surface area (Å²) in [5.74, 6) is 1.04. The van der Waals surface area contributed by atoms with E-state index in [9.17, 15) is 9.13 Å². The molecular weight excluding hydrogens is 762 g/mol. The molecule has 0 aromatic carbocycles. The van der Waals surface area contributed by atoms with Crippen LogP contribution in [-0.4, -0.2) is 55.4 Å². The smallest absolute Gasteiger partial charge is 0.394 e. The Kier molecular flexibility index (Phi) is 45.9. The lowest BCUT2D eigenvalue weighted by Gasteiger charge is -2.17. The molecule has 0 rings (SSSR count). The zero-order chi connectivity index (χ0) is 42.7. The second kappa shape index (κ2) is 44.2. The van der Waals surface area contributed by atoms with E-state index in [4.69, 9.17) is 30.0 Å². The van der Waals surface area contributed by atoms with Crippen molar-refractivity contribution in [2.45, 2.75) is 271 Å². The van der Waals surface area contributed by atoms with Crippen LogP contribution in [0.5, 0.6) is 0 Å². The van der Waals surface area contributed by atoms with Gasteiger partial charge in [0.2, 0.25) is 0 Å². The molecular formula is C45H96O10P2. The lowest BCUT2D eigenvalue weighted by molar-refractivity contribution is -0.0380. The highest BCUT2D eigenvalue weighted by molar-refractivity contribution is 7.60. The zero-order valence-corrected chi connectivity index (χ0v) is 39.3. The van der Waals surface area contributed by atoms with Gasteiger partial charge in [0, 0.05) is 0 Å². The van der Waals surface area contributed by atoms with Gasteiger partial charge in [-0.3, -0.25) is 4.52 Å². The predicted octanol–water partition coefficient (Wildman–Crippen LogP) is 14.0. The molecule has 0 spiro atoms. The first-order valence-electron chi connectivity index (χ1n) is 24.1. The van der Waals surface area contributed by atoms with Crippen LogP contribution in [0.2, 0.25) is 0 Å². The van der Waals surface area contributed by atoms with Gasteiger partial charge in [0.25, 0.3) is 0 Å². The molecule has 0 aromatic rings. The van der Waals surface area contributed by atoms with Gasteiger partial charge in [0.15, 0.2) is 0 Å². The summed E-state index contributed by atoms with van der Waals surface area (Å²) in [6.07, 6.45) is 51.5. The number of aliphatic hydroxyl groups excluding tert-OH is 3. The van der Waals surface area contributed by atoms with Crippen LogP contribution in [0.15, 0.2) is 0 Å². The average molecular weight is 859 g/mol. The van der Waals surface area contributed by atoms with E-state index < -0.39 is 41.1 Å². The summed E-state index contributed by atoms with van der Waals surface area (Å²) in [5.41, 5.74) is 0. The molecule has 0 amide bonds. The van der Waals surface area contributed by atoms with E-state index in [1.807, 2.05) is 0 Å². The summed E-state index contributed by atoms with van der Waals surface area (Å²) in [7, 11) is -10.2. The highest BCUT2D eigenvalue weighted by Crippen LogP contribution is 2.57. The Morgan fingerprint density at radius 1 is 0.404 bits per heavy atom. The summed E-state index contributed by atoms with van der Waals surface area (Å²) < 4.78 is 28.4. The lowest BCUT2D eigenvalue weighted by atomic mass is 9.90. The minimum atomic E-state index is -5.21. The molecule has 10 nitrogen and oxygen atoms in total. The number of phosphoric ester groups is 1. The molecule has 1 unspecified atom stereocenters. The van der Waals surface area contributed by atoms with Gasteiger partial charge >= 0.3 is 15.6 Å². The van der Waals surface area contributed by atoms with Gasteiger partial charge in [-0.1, -0.05) is 258 Å². The van der Waals surface area contributed by atoms with Crippen LogP contribution >= 0.6 is 15.6 Å². The van der Waals surface area contributed by atoms with Gasteiger partial charge in [-0.05, 0) is 5.92 Å². The fourth-order valence-electron chi connectivity index (χ4n) is 7.45. The highest BCUT2D eigenvalue weighted by atomic mass is 31.3. The Balaban J connectivity index is 0. The van der Waals surface area contributed by atoms with E-state index >= 15 is 0 Å². The standard InChI is InChI=1S/C41H84.C4H12O10P2/c1-4-7-10-12-14-16-18-20-22-24-26-28-30-32-34-36-39-41(38-9-6-3)40-37-35-33-31-29-27-25-23-21-19-17-15-13-11-8-5-2;5-1-3(6)4(7)2-13-16(11,12)14-15(8,9)10/h41H,4-40H2,1-3H3;3-7H,1-2H2,(H,11,12)(H2,8,9,10)/t;3-,4+/m.1/s1. The molecule has 346 valence electrons. The fourth-order valence-corrected chi connectivity index (χ4v) is 9.05. The maximum atomic E-state index is 10.8. The van der Waals surface area contributed by atoms with Gasteiger partial charge in [0.05, 0.1) is 13.2 Å². The van der Waals surface area contributed by atoms with Crippen molar-refractivity contribution in [1.29, 1.82) is 0 Å². The van der Waals surface area contributed by atoms with E-state index in [2.05, 4.69) is 29.6 Å². The van der Waals surface area contributed by atoms with Crippen molar-refractivity contribution >= 4 is 15.6 Å². The monoisotopic (exact) mass is 859 g/mol. The molecule has 0 aromatic heterocycles. The third-order valence-electron chi connectivity index (χ3n) is 11.1. The first-order chi connectivity index (χ1) is 27.4. The number of phosphoric acid groups is 2.